The molecule has 0 bridgehead atoms. The first-order valence-electron chi connectivity index (χ1n) is 2.87. The first-order chi connectivity index (χ1) is 3.91. The van der Waals surface area contributed by atoms with E-state index in [4.69, 9.17) is 0 Å². The number of rotatable bonds is 0. The maximum Gasteiger partial charge on any atom is 0.102 e. The largest absolute Gasteiger partial charge is 1.00 e. The van der Waals surface area contributed by atoms with Gasteiger partial charge >= 0.3 is 0 Å². The van der Waals surface area contributed by atoms with E-state index >= 15 is 0 Å². The molecule has 0 saturated carbocycles. The molecule has 1 rings (SSSR count). The number of hydrogen-bond donors (Lipinski definition) is 0. The summed E-state index contributed by atoms with van der Waals surface area (Å²) in [5.41, 5.74) is 0. The van der Waals surface area contributed by atoms with Crippen molar-refractivity contribution >= 4 is 7.28 Å². The first kappa shape index (κ1) is 29.2. The summed E-state index contributed by atoms with van der Waals surface area (Å²) in [6.45, 7) is 4.00. The van der Waals surface area contributed by atoms with Crippen molar-refractivity contribution in [3.8, 4) is 0 Å². The van der Waals surface area contributed by atoms with E-state index in [9.17, 15) is 0 Å². The smallest absolute Gasteiger partial charge is 0.102 e. The molecule has 0 nitrogen and oxygen atoms in total. The Balaban J connectivity index is -0.0000000219. The standard InChI is InChI=1S/C5H5.C2H6B.3ClH.Ti/c1-2-4-5-3-1;1-3-2;;;;/h1-3H,4H2;1-2H3;3*1H;/q-1;;;;;/p-3. The van der Waals surface area contributed by atoms with Crippen LogP contribution in [0, 0.1) is 6.08 Å². The Hall–Kier alpha value is 1.13. The van der Waals surface area contributed by atoms with Gasteiger partial charge in [-0.2, -0.15) is 6.08 Å². The van der Waals surface area contributed by atoms with Gasteiger partial charge in [-0.15, -0.1) is 6.42 Å². The van der Waals surface area contributed by atoms with Gasteiger partial charge in [-0.1, -0.05) is 13.6 Å². The number of hydrogen-bond acceptors (Lipinski definition) is 0. The van der Waals surface area contributed by atoms with Crippen molar-refractivity contribution in [2.75, 3.05) is 0 Å². The summed E-state index contributed by atoms with van der Waals surface area (Å²) in [5.74, 6) is 0. The number of allylic oxidation sites excluding steroid dienone is 4. The topological polar surface area (TPSA) is 0 Å². The van der Waals surface area contributed by atoms with Crippen LogP contribution in [0.2, 0.25) is 13.6 Å². The van der Waals surface area contributed by atoms with E-state index in [0.717, 1.165) is 6.42 Å². The van der Waals surface area contributed by atoms with Gasteiger partial charge in [0.25, 0.3) is 0 Å². The van der Waals surface area contributed by atoms with Crippen LogP contribution in [0.5, 0.6) is 0 Å². The quantitative estimate of drug-likeness (QED) is 0.300. The van der Waals surface area contributed by atoms with Gasteiger partial charge in [-0.25, -0.2) is 12.2 Å². The molecule has 0 fully saturated rings. The van der Waals surface area contributed by atoms with E-state index in [-0.39, 0.29) is 58.9 Å². The van der Waals surface area contributed by atoms with Gasteiger partial charge < -0.3 is 37.2 Å². The minimum atomic E-state index is 0. The fraction of sp³-hybridized carbons (Fsp3) is 0.429. The van der Waals surface area contributed by atoms with Crippen LogP contribution < -0.4 is 37.2 Å². The average Bonchev–Trinajstić information content (AvgIpc) is 2.17. The zero-order valence-corrected chi connectivity index (χ0v) is 11.0. The van der Waals surface area contributed by atoms with Crippen molar-refractivity contribution in [1.82, 2.24) is 0 Å². The second-order valence-electron chi connectivity index (χ2n) is 1.58. The van der Waals surface area contributed by atoms with Crippen LogP contribution in [0.1, 0.15) is 6.42 Å². The van der Waals surface area contributed by atoms with Crippen molar-refractivity contribution in [2.45, 2.75) is 20.1 Å². The van der Waals surface area contributed by atoms with Gasteiger partial charge in [0.2, 0.25) is 0 Å². The third kappa shape index (κ3) is 30.4. The average molecular weight is 260 g/mol. The molecule has 0 aromatic rings. The SMILES string of the molecule is C[B]C.[C-]1=CC=CC1.[Cl-].[Cl-].[Cl-].[Ti]. The van der Waals surface area contributed by atoms with Gasteiger partial charge in [-0.05, 0) is 0 Å². The zero-order chi connectivity index (χ0) is 6.24. The molecular formula is C7H11BCl3Ti-4. The number of halogens is 3. The van der Waals surface area contributed by atoms with Crippen LogP contribution in [0.15, 0.2) is 18.2 Å². The molecule has 0 spiro atoms. The summed E-state index contributed by atoms with van der Waals surface area (Å²) >= 11 is 0. The third-order valence-corrected chi connectivity index (χ3v) is 0.586. The summed E-state index contributed by atoms with van der Waals surface area (Å²) in [6, 6.07) is 0. The minimum Gasteiger partial charge on any atom is -1.00 e. The van der Waals surface area contributed by atoms with Gasteiger partial charge in [-0.3, -0.25) is 6.08 Å². The van der Waals surface area contributed by atoms with Crippen molar-refractivity contribution in [1.29, 1.82) is 0 Å². The molecular weight excluding hydrogens is 249 g/mol. The van der Waals surface area contributed by atoms with Crippen LogP contribution in [0.3, 0.4) is 0 Å². The summed E-state index contributed by atoms with van der Waals surface area (Å²) in [5, 5.41) is 0. The Morgan fingerprint density at radius 1 is 1.17 bits per heavy atom. The monoisotopic (exact) mass is 259 g/mol. The Morgan fingerprint density at radius 3 is 1.67 bits per heavy atom. The molecule has 5 heteroatoms. The maximum absolute atomic E-state index is 2.99. The fourth-order valence-electron chi connectivity index (χ4n) is 0.340. The van der Waals surface area contributed by atoms with Crippen molar-refractivity contribution < 1.29 is 58.9 Å². The van der Waals surface area contributed by atoms with Crippen LogP contribution in [0.4, 0.5) is 0 Å². The molecule has 12 heavy (non-hydrogen) atoms. The summed E-state index contributed by atoms with van der Waals surface area (Å²) in [7, 11) is 2.00. The van der Waals surface area contributed by atoms with E-state index in [2.05, 4.69) is 12.2 Å². The summed E-state index contributed by atoms with van der Waals surface area (Å²) in [4.78, 5) is 0. The molecule has 1 radical (unpaired) electrons. The van der Waals surface area contributed by atoms with Crippen LogP contribution in [0.25, 0.3) is 0 Å². The molecule has 0 unspecified atom stereocenters. The Morgan fingerprint density at radius 2 is 1.58 bits per heavy atom. The van der Waals surface area contributed by atoms with Crippen molar-refractivity contribution in [3.05, 3.63) is 24.3 Å². The molecule has 0 heterocycles. The predicted molar refractivity (Wildman–Crippen MR) is 39.1 cm³/mol. The van der Waals surface area contributed by atoms with E-state index in [0.29, 0.717) is 0 Å². The molecule has 1 aliphatic rings. The molecule has 0 atom stereocenters. The van der Waals surface area contributed by atoms with E-state index in [1.54, 1.807) is 0 Å². The summed E-state index contributed by atoms with van der Waals surface area (Å²) < 4.78 is 0. The van der Waals surface area contributed by atoms with Crippen molar-refractivity contribution in [2.24, 2.45) is 0 Å². The Labute approximate surface area is 110 Å². The Bertz CT molecular complexity index is 86.7. The van der Waals surface area contributed by atoms with Gasteiger partial charge in [0.05, 0.1) is 0 Å². The van der Waals surface area contributed by atoms with Crippen molar-refractivity contribution in [3.63, 3.8) is 0 Å². The van der Waals surface area contributed by atoms with Crippen LogP contribution >= 0.6 is 0 Å². The molecule has 0 aromatic heterocycles. The van der Waals surface area contributed by atoms with E-state index in [1.807, 2.05) is 33.1 Å². The second kappa shape index (κ2) is 29.6. The molecule has 71 valence electrons. The van der Waals surface area contributed by atoms with Crippen LogP contribution in [-0.2, 0) is 21.7 Å². The van der Waals surface area contributed by atoms with Crippen LogP contribution in [-0.4, -0.2) is 7.28 Å². The van der Waals surface area contributed by atoms with Gasteiger partial charge in [0, 0.05) is 21.7 Å². The Kier molecular flexibility index (Phi) is 72.0. The van der Waals surface area contributed by atoms with Gasteiger partial charge in [0.15, 0.2) is 0 Å². The minimum absolute atomic E-state index is 0. The molecule has 0 saturated heterocycles. The fourth-order valence-corrected chi connectivity index (χ4v) is 0.340. The molecule has 1 aliphatic carbocycles. The van der Waals surface area contributed by atoms with E-state index < -0.39 is 0 Å². The van der Waals surface area contributed by atoms with E-state index in [1.165, 1.54) is 0 Å². The third-order valence-electron chi connectivity index (χ3n) is 0.586. The predicted octanol–water partition coefficient (Wildman–Crippen LogP) is -6.90. The molecule has 0 aliphatic heterocycles. The first-order valence-corrected chi connectivity index (χ1v) is 2.87. The molecule has 0 amide bonds. The van der Waals surface area contributed by atoms with Gasteiger partial charge in [0.1, 0.15) is 7.28 Å². The summed E-state index contributed by atoms with van der Waals surface area (Å²) in [6.07, 6.45) is 10.0. The zero-order valence-electron chi connectivity index (χ0n) is 7.15. The molecule has 0 N–H and O–H groups in total. The normalized spacial score (nSPS) is 8.50. The molecule has 0 aromatic carbocycles. The maximum atomic E-state index is 2.99. The second-order valence-corrected chi connectivity index (χ2v) is 1.58.